The molecular weight excluding hydrogens is 280 g/mol. The van der Waals surface area contributed by atoms with Crippen molar-refractivity contribution in [1.82, 2.24) is 9.44 Å². The highest BCUT2D eigenvalue weighted by atomic mass is 32.1. The largest absolute Gasteiger partial charge is 0.365 e. The molecule has 20 heavy (non-hydrogen) atoms. The number of hydrogen-bond donors (Lipinski definition) is 2. The van der Waals surface area contributed by atoms with Gasteiger partial charge in [0.05, 0.1) is 18.4 Å². The summed E-state index contributed by atoms with van der Waals surface area (Å²) in [6, 6.07) is -0.492. The average Bonchev–Trinajstić information content (AvgIpc) is 2.81. The summed E-state index contributed by atoms with van der Waals surface area (Å²) in [6.45, 7) is 4.04. The number of amides is 3. The molecule has 0 spiro atoms. The van der Waals surface area contributed by atoms with Gasteiger partial charge in [0.25, 0.3) is 5.91 Å². The van der Waals surface area contributed by atoms with E-state index in [0.29, 0.717) is 10.7 Å². The Hall–Kier alpha value is -1.67. The van der Waals surface area contributed by atoms with Crippen molar-refractivity contribution in [3.63, 3.8) is 0 Å². The van der Waals surface area contributed by atoms with E-state index in [1.165, 1.54) is 14.2 Å². The Morgan fingerprint density at radius 3 is 2.70 bits per heavy atom. The lowest BCUT2D eigenvalue weighted by Gasteiger charge is -2.14. The first-order valence-corrected chi connectivity index (χ1v) is 7.07. The molecule has 0 saturated heterocycles. The quantitative estimate of drug-likeness (QED) is 0.787. The zero-order valence-electron chi connectivity index (χ0n) is 12.1. The lowest BCUT2D eigenvalue weighted by Crippen LogP contribution is -2.30. The van der Waals surface area contributed by atoms with Gasteiger partial charge >= 0.3 is 6.03 Å². The molecule has 0 radical (unpaired) electrons. The van der Waals surface area contributed by atoms with Crippen LogP contribution >= 0.6 is 11.5 Å². The van der Waals surface area contributed by atoms with Crippen molar-refractivity contribution in [1.29, 1.82) is 0 Å². The van der Waals surface area contributed by atoms with Gasteiger partial charge in [0.1, 0.15) is 5.00 Å². The van der Waals surface area contributed by atoms with Gasteiger partial charge in [-0.2, -0.15) is 4.37 Å². The van der Waals surface area contributed by atoms with Crippen LogP contribution in [0.5, 0.6) is 0 Å². The molecule has 1 rings (SSSR count). The Balaban J connectivity index is 3.03. The van der Waals surface area contributed by atoms with E-state index in [4.69, 9.17) is 10.6 Å². The van der Waals surface area contributed by atoms with Crippen LogP contribution in [0.4, 0.5) is 9.80 Å². The Labute approximate surface area is 122 Å². The number of nitrogens with one attached hydrogen (secondary N) is 1. The molecule has 1 aromatic heterocycles. The van der Waals surface area contributed by atoms with Gasteiger partial charge in [-0.05, 0) is 18.0 Å². The van der Waals surface area contributed by atoms with Crippen LogP contribution in [0, 0.1) is 0 Å². The minimum Gasteiger partial charge on any atom is -0.365 e. The standard InChI is InChI=1S/C12H20N4O3S/c1-5-6-7(2)9-8(10(13)17)11(20-15-9)14-12(18)16(3)19-4/h7H,5-6H2,1-4H3,(H2,13,17)(H,14,18). The summed E-state index contributed by atoms with van der Waals surface area (Å²) in [7, 11) is 2.83. The number of urea groups is 1. The summed E-state index contributed by atoms with van der Waals surface area (Å²) in [4.78, 5) is 28.1. The van der Waals surface area contributed by atoms with Gasteiger partial charge in [-0.1, -0.05) is 20.3 Å². The first kappa shape index (κ1) is 16.4. The number of hydrogen-bond acceptors (Lipinski definition) is 5. The van der Waals surface area contributed by atoms with E-state index in [9.17, 15) is 9.59 Å². The van der Waals surface area contributed by atoms with Crippen molar-refractivity contribution in [3.8, 4) is 0 Å². The maximum Gasteiger partial charge on any atom is 0.346 e. The lowest BCUT2D eigenvalue weighted by molar-refractivity contribution is -0.0597. The van der Waals surface area contributed by atoms with Crippen LogP contribution < -0.4 is 11.1 Å². The summed E-state index contributed by atoms with van der Waals surface area (Å²) in [5, 5.41) is 3.94. The van der Waals surface area contributed by atoms with E-state index in [2.05, 4.69) is 16.6 Å². The van der Waals surface area contributed by atoms with E-state index in [1.54, 1.807) is 0 Å². The monoisotopic (exact) mass is 300 g/mol. The third-order valence-corrected chi connectivity index (χ3v) is 3.71. The normalized spacial score (nSPS) is 12.0. The molecule has 7 nitrogen and oxygen atoms in total. The third-order valence-electron chi connectivity index (χ3n) is 2.93. The topological polar surface area (TPSA) is 97.6 Å². The zero-order chi connectivity index (χ0) is 15.3. The summed E-state index contributed by atoms with van der Waals surface area (Å²) in [5.41, 5.74) is 6.33. The molecule has 0 aliphatic heterocycles. The highest BCUT2D eigenvalue weighted by molar-refractivity contribution is 7.11. The fraction of sp³-hybridized carbons (Fsp3) is 0.583. The smallest absolute Gasteiger partial charge is 0.346 e. The van der Waals surface area contributed by atoms with Gasteiger partial charge in [-0.3, -0.25) is 14.9 Å². The molecule has 0 aliphatic rings. The van der Waals surface area contributed by atoms with Crippen molar-refractivity contribution < 1.29 is 14.4 Å². The Bertz CT molecular complexity index is 489. The molecule has 0 bridgehead atoms. The predicted molar refractivity (Wildman–Crippen MR) is 77.7 cm³/mol. The second kappa shape index (κ2) is 7.20. The third kappa shape index (κ3) is 3.67. The number of anilines is 1. The molecule has 1 heterocycles. The van der Waals surface area contributed by atoms with Crippen LogP contribution in [0.2, 0.25) is 0 Å². The van der Waals surface area contributed by atoms with Crippen molar-refractivity contribution in [2.24, 2.45) is 5.73 Å². The minimum absolute atomic E-state index is 0.115. The van der Waals surface area contributed by atoms with Crippen molar-refractivity contribution in [3.05, 3.63) is 11.3 Å². The van der Waals surface area contributed by atoms with E-state index >= 15 is 0 Å². The first-order valence-electron chi connectivity index (χ1n) is 6.30. The van der Waals surface area contributed by atoms with Gasteiger partial charge in [0, 0.05) is 13.0 Å². The van der Waals surface area contributed by atoms with Crippen LogP contribution in [0.25, 0.3) is 0 Å². The molecular formula is C12H20N4O3S. The lowest BCUT2D eigenvalue weighted by atomic mass is 9.98. The van der Waals surface area contributed by atoms with Gasteiger partial charge in [0.15, 0.2) is 0 Å². The van der Waals surface area contributed by atoms with Gasteiger partial charge < -0.3 is 5.73 Å². The SMILES string of the molecule is CCCC(C)c1nsc(NC(=O)N(C)OC)c1C(N)=O. The number of hydroxylamine groups is 2. The maximum atomic E-state index is 11.7. The number of nitrogens with two attached hydrogens (primary N) is 1. The van der Waals surface area contributed by atoms with Crippen LogP contribution in [-0.2, 0) is 4.84 Å². The summed E-state index contributed by atoms with van der Waals surface area (Å²) >= 11 is 1.05. The van der Waals surface area contributed by atoms with Crippen molar-refractivity contribution in [2.75, 3.05) is 19.5 Å². The highest BCUT2D eigenvalue weighted by Gasteiger charge is 2.24. The molecule has 112 valence electrons. The first-order chi connectivity index (χ1) is 9.42. The van der Waals surface area contributed by atoms with Crippen molar-refractivity contribution >= 4 is 28.5 Å². The molecule has 0 saturated carbocycles. The Morgan fingerprint density at radius 1 is 1.55 bits per heavy atom. The van der Waals surface area contributed by atoms with Gasteiger partial charge in [-0.15, -0.1) is 0 Å². The number of aromatic nitrogens is 1. The Kier molecular flexibility index (Phi) is 5.90. The van der Waals surface area contributed by atoms with Crippen LogP contribution in [0.15, 0.2) is 0 Å². The van der Waals surface area contributed by atoms with E-state index in [-0.39, 0.29) is 11.5 Å². The minimum atomic E-state index is -0.591. The molecule has 0 fully saturated rings. The summed E-state index contributed by atoms with van der Waals surface area (Å²) < 4.78 is 4.26. The van der Waals surface area contributed by atoms with E-state index < -0.39 is 11.9 Å². The molecule has 0 aliphatic carbocycles. The zero-order valence-corrected chi connectivity index (χ0v) is 12.9. The second-order valence-corrected chi connectivity index (χ2v) is 5.21. The Morgan fingerprint density at radius 2 is 2.20 bits per heavy atom. The molecule has 1 unspecified atom stereocenters. The summed E-state index contributed by atoms with van der Waals surface area (Å²) in [5.74, 6) is -0.475. The van der Waals surface area contributed by atoms with E-state index in [1.807, 2.05) is 6.92 Å². The fourth-order valence-electron chi connectivity index (χ4n) is 1.79. The number of nitrogens with zero attached hydrogens (tertiary/aromatic N) is 2. The van der Waals surface area contributed by atoms with Crippen LogP contribution in [0.3, 0.4) is 0 Å². The van der Waals surface area contributed by atoms with Crippen molar-refractivity contribution in [2.45, 2.75) is 32.6 Å². The number of carbonyl (C=O) groups is 2. The van der Waals surface area contributed by atoms with Gasteiger partial charge in [0.2, 0.25) is 0 Å². The van der Waals surface area contributed by atoms with Gasteiger partial charge in [-0.25, -0.2) is 9.86 Å². The average molecular weight is 300 g/mol. The van der Waals surface area contributed by atoms with Crippen LogP contribution in [0.1, 0.15) is 48.7 Å². The molecule has 1 atom stereocenters. The van der Waals surface area contributed by atoms with Crippen LogP contribution in [-0.4, -0.2) is 35.5 Å². The fourth-order valence-corrected chi connectivity index (χ4v) is 2.68. The molecule has 3 amide bonds. The molecule has 0 aromatic carbocycles. The predicted octanol–water partition coefficient (Wildman–Crippen LogP) is 2.17. The number of rotatable bonds is 6. The molecule has 3 N–H and O–H groups in total. The van der Waals surface area contributed by atoms with E-state index in [0.717, 1.165) is 29.4 Å². The number of primary amides is 1. The second-order valence-electron chi connectivity index (χ2n) is 4.44. The highest BCUT2D eigenvalue weighted by Crippen LogP contribution is 2.31. The molecule has 1 aromatic rings. The molecule has 8 heteroatoms. The maximum absolute atomic E-state index is 11.7. The summed E-state index contributed by atoms with van der Waals surface area (Å²) in [6.07, 6.45) is 1.88. The number of carbonyl (C=O) groups excluding carboxylic acids is 2.